The first-order chi connectivity index (χ1) is 9.88. The molecule has 1 aromatic heterocycles. The van der Waals surface area contributed by atoms with Gasteiger partial charge in [0.1, 0.15) is 18.1 Å². The lowest BCUT2D eigenvalue weighted by Crippen LogP contribution is -2.05. The highest BCUT2D eigenvalue weighted by atomic mass is 79.9. The van der Waals surface area contributed by atoms with Crippen LogP contribution in [-0.4, -0.2) is 15.9 Å². The van der Waals surface area contributed by atoms with Crippen LogP contribution in [0.1, 0.15) is 28.7 Å². The van der Waals surface area contributed by atoms with Gasteiger partial charge in [0.05, 0.1) is 10.5 Å². The second-order valence-corrected chi connectivity index (χ2v) is 5.25. The van der Waals surface area contributed by atoms with Crippen LogP contribution in [-0.2, 0) is 6.61 Å². The van der Waals surface area contributed by atoms with Crippen LogP contribution < -0.4 is 4.74 Å². The summed E-state index contributed by atoms with van der Waals surface area (Å²) in [5, 5.41) is 14.9. The lowest BCUT2D eigenvalue weighted by atomic mass is 10.1. The second-order valence-electron chi connectivity index (χ2n) is 4.33. The minimum absolute atomic E-state index is 0.0277. The molecule has 0 unspecified atom stereocenters. The predicted molar refractivity (Wildman–Crippen MR) is 76.4 cm³/mol. The average Bonchev–Trinajstić information content (AvgIpc) is 2.81. The quantitative estimate of drug-likeness (QED) is 0.463. The van der Waals surface area contributed by atoms with Crippen LogP contribution in [0.25, 0.3) is 0 Å². The molecule has 0 spiro atoms. The Morgan fingerprint density at radius 2 is 2.19 bits per heavy atom. The van der Waals surface area contributed by atoms with Gasteiger partial charge in [-0.25, -0.2) is 0 Å². The number of hydrogen-bond donors (Lipinski definition) is 0. The number of nitro groups is 1. The van der Waals surface area contributed by atoms with E-state index in [0.29, 0.717) is 15.9 Å². The van der Waals surface area contributed by atoms with E-state index >= 15 is 0 Å². The minimum atomic E-state index is -0.597. The normalized spacial score (nSPS) is 10.4. The van der Waals surface area contributed by atoms with E-state index in [1.807, 2.05) is 0 Å². The summed E-state index contributed by atoms with van der Waals surface area (Å²) in [5.41, 5.74) is 0.338. The molecule has 0 N–H and O–H groups in total. The van der Waals surface area contributed by atoms with E-state index in [4.69, 9.17) is 9.26 Å². The van der Waals surface area contributed by atoms with Gasteiger partial charge in [0, 0.05) is 16.6 Å². The lowest BCUT2D eigenvalue weighted by Gasteiger charge is -2.09. The Labute approximate surface area is 128 Å². The maximum Gasteiger partial charge on any atom is 0.312 e. The third kappa shape index (κ3) is 3.46. The van der Waals surface area contributed by atoms with Gasteiger partial charge >= 0.3 is 5.69 Å². The molecule has 21 heavy (non-hydrogen) atoms. The zero-order valence-corrected chi connectivity index (χ0v) is 12.8. The number of aromatic nitrogens is 1. The Balaban J connectivity index is 2.39. The maximum atomic E-state index is 11.7. The molecule has 1 heterocycles. The standard InChI is InChI=1S/C13H11BrN2O5/c1-7-3-10(15-21-7)6-20-13-11(8(2)17)4-9(14)5-12(13)16(18)19/h3-5H,6H2,1-2H3. The Hall–Kier alpha value is -2.22. The fraction of sp³-hybridized carbons (Fsp3) is 0.231. The van der Waals surface area contributed by atoms with Gasteiger partial charge < -0.3 is 9.26 Å². The summed E-state index contributed by atoms with van der Waals surface area (Å²) in [6.07, 6.45) is 0. The van der Waals surface area contributed by atoms with Gasteiger partial charge in [0.25, 0.3) is 0 Å². The van der Waals surface area contributed by atoms with Crippen LogP contribution in [0.2, 0.25) is 0 Å². The molecule has 110 valence electrons. The number of rotatable bonds is 5. The summed E-state index contributed by atoms with van der Waals surface area (Å²) in [6, 6.07) is 4.42. The van der Waals surface area contributed by atoms with Gasteiger partial charge in [0.15, 0.2) is 5.78 Å². The second kappa shape index (κ2) is 6.04. The molecular formula is C13H11BrN2O5. The summed E-state index contributed by atoms with van der Waals surface area (Å²) in [4.78, 5) is 22.2. The third-order valence-electron chi connectivity index (χ3n) is 2.65. The first-order valence-corrected chi connectivity index (χ1v) is 6.71. The number of benzene rings is 1. The molecule has 0 saturated heterocycles. The number of hydrogen-bond acceptors (Lipinski definition) is 6. The molecular weight excluding hydrogens is 344 g/mol. The number of Topliss-reactive ketones (excluding diaryl/α,β-unsaturated/α-hetero) is 1. The third-order valence-corrected chi connectivity index (χ3v) is 3.11. The summed E-state index contributed by atoms with van der Waals surface area (Å²) in [7, 11) is 0. The van der Waals surface area contributed by atoms with E-state index in [9.17, 15) is 14.9 Å². The molecule has 0 fully saturated rings. The van der Waals surface area contributed by atoms with Crippen molar-refractivity contribution in [3.05, 3.63) is 49.8 Å². The number of carbonyl (C=O) groups excluding carboxylic acids is 1. The molecule has 0 radical (unpaired) electrons. The van der Waals surface area contributed by atoms with E-state index in [-0.39, 0.29) is 29.4 Å². The smallest absolute Gasteiger partial charge is 0.312 e. The number of halogens is 1. The summed E-state index contributed by atoms with van der Waals surface area (Å²) < 4.78 is 10.8. The molecule has 0 atom stereocenters. The lowest BCUT2D eigenvalue weighted by molar-refractivity contribution is -0.386. The van der Waals surface area contributed by atoms with Crippen molar-refractivity contribution in [1.82, 2.24) is 5.16 Å². The molecule has 0 amide bonds. The van der Waals surface area contributed by atoms with Gasteiger partial charge in [-0.1, -0.05) is 21.1 Å². The van der Waals surface area contributed by atoms with E-state index < -0.39 is 4.92 Å². The number of ketones is 1. The zero-order valence-electron chi connectivity index (χ0n) is 11.3. The molecule has 0 bridgehead atoms. The van der Waals surface area contributed by atoms with Crippen LogP contribution in [0.5, 0.6) is 5.75 Å². The number of nitro benzene ring substituents is 1. The summed E-state index contributed by atoms with van der Waals surface area (Å²) >= 11 is 3.14. The van der Waals surface area contributed by atoms with Crippen molar-refractivity contribution in [3.8, 4) is 5.75 Å². The Morgan fingerprint density at radius 1 is 1.48 bits per heavy atom. The predicted octanol–water partition coefficient (Wildman–Crippen LogP) is 3.44. The highest BCUT2D eigenvalue weighted by Gasteiger charge is 2.23. The maximum absolute atomic E-state index is 11.7. The van der Waals surface area contributed by atoms with Crippen molar-refractivity contribution < 1.29 is 19.0 Å². The van der Waals surface area contributed by atoms with Crippen molar-refractivity contribution in [2.75, 3.05) is 0 Å². The van der Waals surface area contributed by atoms with E-state index in [1.165, 1.54) is 19.1 Å². The van der Waals surface area contributed by atoms with Gasteiger partial charge in [-0.2, -0.15) is 0 Å². The van der Waals surface area contributed by atoms with Crippen molar-refractivity contribution in [2.24, 2.45) is 0 Å². The minimum Gasteiger partial charge on any atom is -0.480 e. The highest BCUT2D eigenvalue weighted by molar-refractivity contribution is 9.10. The van der Waals surface area contributed by atoms with Crippen LogP contribution in [0.15, 0.2) is 27.2 Å². The average molecular weight is 355 g/mol. The van der Waals surface area contributed by atoms with E-state index in [0.717, 1.165) is 0 Å². The first-order valence-electron chi connectivity index (χ1n) is 5.92. The van der Waals surface area contributed by atoms with Crippen molar-refractivity contribution in [1.29, 1.82) is 0 Å². The molecule has 0 aliphatic carbocycles. The molecule has 2 rings (SSSR count). The van der Waals surface area contributed by atoms with Gasteiger partial charge in [0.2, 0.25) is 5.75 Å². The number of carbonyl (C=O) groups is 1. The van der Waals surface area contributed by atoms with Crippen LogP contribution in [0.3, 0.4) is 0 Å². The largest absolute Gasteiger partial charge is 0.480 e. The zero-order chi connectivity index (χ0) is 15.6. The Kier molecular flexibility index (Phi) is 4.37. The Bertz CT molecular complexity index is 675. The number of aryl methyl sites for hydroxylation is 1. The number of nitrogens with zero attached hydrogens (tertiary/aromatic N) is 2. The topological polar surface area (TPSA) is 95.5 Å². The highest BCUT2D eigenvalue weighted by Crippen LogP contribution is 2.35. The SMILES string of the molecule is CC(=O)c1cc(Br)cc([N+](=O)[O-])c1OCc1cc(C)on1. The molecule has 0 saturated carbocycles. The number of ether oxygens (including phenoxy) is 1. The van der Waals surface area contributed by atoms with Crippen molar-refractivity contribution in [3.63, 3.8) is 0 Å². The molecule has 1 aromatic carbocycles. The molecule has 7 nitrogen and oxygen atoms in total. The Morgan fingerprint density at radius 3 is 2.71 bits per heavy atom. The van der Waals surface area contributed by atoms with Gasteiger partial charge in [-0.15, -0.1) is 0 Å². The van der Waals surface area contributed by atoms with E-state index in [1.54, 1.807) is 13.0 Å². The van der Waals surface area contributed by atoms with Gasteiger partial charge in [-0.3, -0.25) is 14.9 Å². The molecule has 8 heteroatoms. The van der Waals surface area contributed by atoms with Crippen molar-refractivity contribution >= 4 is 27.4 Å². The van der Waals surface area contributed by atoms with Crippen molar-refractivity contribution in [2.45, 2.75) is 20.5 Å². The van der Waals surface area contributed by atoms with Crippen LogP contribution in [0.4, 0.5) is 5.69 Å². The summed E-state index contributed by atoms with van der Waals surface area (Å²) in [5.74, 6) is 0.202. The molecule has 0 aliphatic heterocycles. The molecule has 0 aliphatic rings. The fourth-order valence-corrected chi connectivity index (χ4v) is 2.21. The monoisotopic (exact) mass is 354 g/mol. The fourth-order valence-electron chi connectivity index (χ4n) is 1.76. The first kappa shape index (κ1) is 15.2. The van der Waals surface area contributed by atoms with Crippen LogP contribution >= 0.6 is 15.9 Å². The van der Waals surface area contributed by atoms with Crippen LogP contribution in [0, 0.1) is 17.0 Å². The van der Waals surface area contributed by atoms with E-state index in [2.05, 4.69) is 21.1 Å². The molecule has 2 aromatic rings. The van der Waals surface area contributed by atoms with Gasteiger partial charge in [-0.05, 0) is 19.9 Å². The summed E-state index contributed by atoms with van der Waals surface area (Å²) in [6.45, 7) is 3.01.